The Kier molecular flexibility index (Phi) is 2.24. The van der Waals surface area contributed by atoms with E-state index in [0.717, 1.165) is 24.0 Å². The Labute approximate surface area is 93.5 Å². The van der Waals surface area contributed by atoms with Crippen LogP contribution >= 0.6 is 11.6 Å². The molecule has 1 aliphatic carbocycles. The molecule has 0 radical (unpaired) electrons. The molecular weight excluding hydrogens is 213 g/mol. The minimum atomic E-state index is -0.472. The Hall–Kier alpha value is -1.07. The van der Waals surface area contributed by atoms with E-state index in [4.69, 9.17) is 16.9 Å². The van der Waals surface area contributed by atoms with Gasteiger partial charge in [0, 0.05) is 5.02 Å². The van der Waals surface area contributed by atoms with Gasteiger partial charge in [-0.15, -0.1) is 0 Å². The van der Waals surface area contributed by atoms with Crippen LogP contribution in [0.5, 0.6) is 0 Å². The van der Waals surface area contributed by atoms with E-state index in [1.165, 1.54) is 6.07 Å². The number of nitrogens with zero attached hydrogens (tertiary/aromatic N) is 1. The van der Waals surface area contributed by atoms with Crippen molar-refractivity contribution in [2.45, 2.75) is 32.1 Å². The summed E-state index contributed by atoms with van der Waals surface area (Å²) in [4.78, 5) is 0. The molecule has 2 rings (SSSR count). The standard InChI is InChI=1S/C12H11ClFN/c1-7-9(13)5-10(14)8(2)11(7)12(6-15)3-4-12/h5H,3-4H2,1-2H3. The molecule has 1 fully saturated rings. The average molecular weight is 224 g/mol. The van der Waals surface area contributed by atoms with Gasteiger partial charge in [0.2, 0.25) is 0 Å². The smallest absolute Gasteiger partial charge is 0.127 e. The summed E-state index contributed by atoms with van der Waals surface area (Å²) in [5.74, 6) is -0.317. The molecule has 0 bridgehead atoms. The molecule has 0 spiro atoms. The summed E-state index contributed by atoms with van der Waals surface area (Å²) in [5.41, 5.74) is 1.74. The number of hydrogen-bond acceptors (Lipinski definition) is 1. The normalized spacial score (nSPS) is 17.3. The molecule has 15 heavy (non-hydrogen) atoms. The fourth-order valence-corrected chi connectivity index (χ4v) is 2.30. The lowest BCUT2D eigenvalue weighted by molar-refractivity contribution is 0.612. The fourth-order valence-electron chi connectivity index (χ4n) is 2.11. The zero-order valence-corrected chi connectivity index (χ0v) is 9.45. The van der Waals surface area contributed by atoms with Crippen molar-refractivity contribution in [2.24, 2.45) is 0 Å². The van der Waals surface area contributed by atoms with Crippen LogP contribution < -0.4 is 0 Å². The first kappa shape index (κ1) is 10.4. The van der Waals surface area contributed by atoms with Crippen LogP contribution in [-0.2, 0) is 5.41 Å². The molecule has 1 aromatic rings. The molecule has 0 aliphatic heterocycles. The molecule has 0 unspecified atom stereocenters. The number of rotatable bonds is 1. The van der Waals surface area contributed by atoms with Crippen LogP contribution in [0.2, 0.25) is 5.02 Å². The van der Waals surface area contributed by atoms with Gasteiger partial charge in [-0.2, -0.15) is 5.26 Å². The summed E-state index contributed by atoms with van der Waals surface area (Å²) in [6.07, 6.45) is 1.62. The Balaban J connectivity index is 2.71. The van der Waals surface area contributed by atoms with Crippen molar-refractivity contribution in [1.82, 2.24) is 0 Å². The van der Waals surface area contributed by atoms with Gasteiger partial charge in [-0.3, -0.25) is 0 Å². The van der Waals surface area contributed by atoms with Crippen LogP contribution in [0.1, 0.15) is 29.5 Å². The van der Waals surface area contributed by atoms with E-state index < -0.39 is 5.41 Å². The minimum Gasteiger partial charge on any atom is -0.207 e. The lowest BCUT2D eigenvalue weighted by Crippen LogP contribution is -2.10. The SMILES string of the molecule is Cc1c(F)cc(Cl)c(C)c1C1(C#N)CC1. The van der Waals surface area contributed by atoms with E-state index in [0.29, 0.717) is 10.6 Å². The van der Waals surface area contributed by atoms with Gasteiger partial charge in [0.15, 0.2) is 0 Å². The summed E-state index contributed by atoms with van der Waals surface area (Å²) >= 11 is 5.93. The molecule has 0 N–H and O–H groups in total. The maximum atomic E-state index is 13.5. The van der Waals surface area contributed by atoms with Crippen LogP contribution in [0.15, 0.2) is 6.07 Å². The van der Waals surface area contributed by atoms with Crippen LogP contribution in [0, 0.1) is 31.0 Å². The van der Waals surface area contributed by atoms with Crippen molar-refractivity contribution in [3.63, 3.8) is 0 Å². The molecule has 0 atom stereocenters. The number of benzene rings is 1. The van der Waals surface area contributed by atoms with Crippen LogP contribution in [-0.4, -0.2) is 0 Å². The van der Waals surface area contributed by atoms with Gasteiger partial charge < -0.3 is 0 Å². The highest BCUT2D eigenvalue weighted by molar-refractivity contribution is 6.31. The molecule has 0 heterocycles. The third kappa shape index (κ3) is 1.42. The molecule has 0 aromatic heterocycles. The first-order valence-corrected chi connectivity index (χ1v) is 5.26. The Bertz CT molecular complexity index is 443. The highest BCUT2D eigenvalue weighted by atomic mass is 35.5. The van der Waals surface area contributed by atoms with E-state index in [2.05, 4.69) is 6.07 Å². The summed E-state index contributed by atoms with van der Waals surface area (Å²) in [7, 11) is 0. The van der Waals surface area contributed by atoms with Gasteiger partial charge >= 0.3 is 0 Å². The highest BCUT2D eigenvalue weighted by Gasteiger charge is 2.47. The second kappa shape index (κ2) is 3.21. The van der Waals surface area contributed by atoms with Crippen molar-refractivity contribution in [2.75, 3.05) is 0 Å². The zero-order valence-electron chi connectivity index (χ0n) is 8.69. The van der Waals surface area contributed by atoms with Crippen LogP contribution in [0.25, 0.3) is 0 Å². The van der Waals surface area contributed by atoms with Gasteiger partial charge in [-0.25, -0.2) is 4.39 Å². The topological polar surface area (TPSA) is 23.8 Å². The van der Waals surface area contributed by atoms with E-state index >= 15 is 0 Å². The Morgan fingerprint density at radius 2 is 2.00 bits per heavy atom. The number of halogens is 2. The third-order valence-corrected chi connectivity index (χ3v) is 3.56. The van der Waals surface area contributed by atoms with Crippen molar-refractivity contribution in [1.29, 1.82) is 5.26 Å². The van der Waals surface area contributed by atoms with Gasteiger partial charge in [-0.05, 0) is 49.4 Å². The van der Waals surface area contributed by atoms with Crippen molar-refractivity contribution >= 4 is 11.6 Å². The van der Waals surface area contributed by atoms with Gasteiger partial charge in [-0.1, -0.05) is 11.6 Å². The van der Waals surface area contributed by atoms with E-state index in [1.54, 1.807) is 6.92 Å². The summed E-state index contributed by atoms with van der Waals surface area (Å²) in [6, 6.07) is 3.60. The van der Waals surface area contributed by atoms with Gasteiger partial charge in [0.1, 0.15) is 5.82 Å². The van der Waals surface area contributed by atoms with Gasteiger partial charge in [0.05, 0.1) is 11.5 Å². The molecular formula is C12H11ClFN. The second-order valence-corrected chi connectivity index (χ2v) is 4.57. The maximum Gasteiger partial charge on any atom is 0.127 e. The minimum absolute atomic E-state index is 0.317. The fraction of sp³-hybridized carbons (Fsp3) is 0.417. The Morgan fingerprint density at radius 1 is 1.40 bits per heavy atom. The third-order valence-electron chi connectivity index (χ3n) is 3.16. The quantitative estimate of drug-likeness (QED) is 0.713. The maximum absolute atomic E-state index is 13.5. The summed E-state index contributed by atoms with van der Waals surface area (Å²) < 4.78 is 13.5. The molecule has 78 valence electrons. The molecule has 1 nitrogen and oxygen atoms in total. The molecule has 3 heteroatoms. The number of hydrogen-bond donors (Lipinski definition) is 0. The first-order chi connectivity index (χ1) is 7.02. The van der Waals surface area contributed by atoms with Crippen molar-refractivity contribution < 1.29 is 4.39 Å². The van der Waals surface area contributed by atoms with Crippen LogP contribution in [0.3, 0.4) is 0 Å². The van der Waals surface area contributed by atoms with E-state index in [1.807, 2.05) is 6.92 Å². The summed E-state index contributed by atoms with van der Waals surface area (Å²) in [6.45, 7) is 3.56. The van der Waals surface area contributed by atoms with Gasteiger partial charge in [0.25, 0.3) is 0 Å². The largest absolute Gasteiger partial charge is 0.207 e. The Morgan fingerprint density at radius 3 is 2.47 bits per heavy atom. The predicted molar refractivity (Wildman–Crippen MR) is 57.4 cm³/mol. The lowest BCUT2D eigenvalue weighted by Gasteiger charge is -2.16. The van der Waals surface area contributed by atoms with Crippen molar-refractivity contribution in [3.8, 4) is 6.07 Å². The first-order valence-electron chi connectivity index (χ1n) is 4.89. The highest BCUT2D eigenvalue weighted by Crippen LogP contribution is 2.51. The molecule has 1 saturated carbocycles. The molecule has 0 saturated heterocycles. The molecule has 0 amide bonds. The monoisotopic (exact) mass is 223 g/mol. The predicted octanol–water partition coefficient (Wildman–Crippen LogP) is 3.65. The van der Waals surface area contributed by atoms with E-state index in [9.17, 15) is 4.39 Å². The molecule has 1 aromatic carbocycles. The molecule has 1 aliphatic rings. The number of nitriles is 1. The van der Waals surface area contributed by atoms with E-state index in [-0.39, 0.29) is 5.82 Å². The summed E-state index contributed by atoms with van der Waals surface area (Å²) in [5, 5.41) is 9.54. The average Bonchev–Trinajstić information content (AvgIpc) is 2.96. The van der Waals surface area contributed by atoms with Crippen LogP contribution in [0.4, 0.5) is 4.39 Å². The zero-order chi connectivity index (χ0) is 11.2. The van der Waals surface area contributed by atoms with Crippen molar-refractivity contribution in [3.05, 3.63) is 33.6 Å². The second-order valence-electron chi connectivity index (χ2n) is 4.16. The lowest BCUT2D eigenvalue weighted by atomic mass is 9.89.